The first-order valence-corrected chi connectivity index (χ1v) is 9.52. The second-order valence-corrected chi connectivity index (χ2v) is 7.14. The molecule has 2 aromatic rings. The normalized spacial score (nSPS) is 24.1. The number of ketones is 1. The zero-order chi connectivity index (χ0) is 20.5. The standard InChI is InChI=1S/C22H20FNO5/c1-2-28-22(27)20-14(17-8-5-9-29-17)10-16-19(21(20)26)13(11-18(25)24-16)12-6-3-4-7-15(12)23/h3-9,13-14,20H,2,10-11H2,1H3,(H,24,25)/t13-,14+,20+/m0/s1. The molecule has 0 saturated heterocycles. The number of esters is 1. The molecule has 0 spiro atoms. The van der Waals surface area contributed by atoms with Crippen LogP contribution in [-0.2, 0) is 19.1 Å². The Bertz CT molecular complexity index is 994. The van der Waals surface area contributed by atoms with Crippen molar-refractivity contribution in [2.24, 2.45) is 5.92 Å². The van der Waals surface area contributed by atoms with E-state index in [0.29, 0.717) is 11.5 Å². The summed E-state index contributed by atoms with van der Waals surface area (Å²) in [5.74, 6) is -3.88. The van der Waals surface area contributed by atoms with Crippen molar-refractivity contribution in [1.82, 2.24) is 5.32 Å². The molecule has 0 bridgehead atoms. The number of Topliss-reactive ketones (excluding diaryl/α,β-unsaturated/α-hetero) is 1. The molecule has 2 aliphatic rings. The first kappa shape index (κ1) is 19.1. The Labute approximate surface area is 166 Å². The van der Waals surface area contributed by atoms with E-state index in [9.17, 15) is 18.8 Å². The summed E-state index contributed by atoms with van der Waals surface area (Å²) in [5.41, 5.74) is 0.958. The van der Waals surface area contributed by atoms with Crippen molar-refractivity contribution in [2.45, 2.75) is 31.6 Å². The maximum Gasteiger partial charge on any atom is 0.317 e. The van der Waals surface area contributed by atoms with E-state index in [-0.39, 0.29) is 36.5 Å². The maximum atomic E-state index is 14.5. The summed E-state index contributed by atoms with van der Waals surface area (Å²) in [6.07, 6.45) is 1.62. The highest BCUT2D eigenvalue weighted by molar-refractivity contribution is 6.12. The Morgan fingerprint density at radius 1 is 1.21 bits per heavy atom. The number of amides is 1. The van der Waals surface area contributed by atoms with Gasteiger partial charge in [-0.1, -0.05) is 18.2 Å². The van der Waals surface area contributed by atoms with E-state index >= 15 is 0 Å². The Morgan fingerprint density at radius 3 is 2.69 bits per heavy atom. The smallest absolute Gasteiger partial charge is 0.317 e. The summed E-state index contributed by atoms with van der Waals surface area (Å²) in [7, 11) is 0. The van der Waals surface area contributed by atoms with Crippen LogP contribution >= 0.6 is 0 Å². The van der Waals surface area contributed by atoms with E-state index in [0.717, 1.165) is 0 Å². The number of allylic oxidation sites excluding steroid dienone is 2. The molecule has 0 radical (unpaired) electrons. The first-order valence-electron chi connectivity index (χ1n) is 9.52. The topological polar surface area (TPSA) is 85.6 Å². The number of furan rings is 1. The van der Waals surface area contributed by atoms with Crippen molar-refractivity contribution in [3.8, 4) is 0 Å². The summed E-state index contributed by atoms with van der Waals surface area (Å²) in [4.78, 5) is 38.5. The molecule has 0 fully saturated rings. The lowest BCUT2D eigenvalue weighted by Gasteiger charge is -2.37. The lowest BCUT2D eigenvalue weighted by Crippen LogP contribution is -2.44. The summed E-state index contributed by atoms with van der Waals surface area (Å²) in [5, 5.41) is 2.75. The van der Waals surface area contributed by atoms with Crippen LogP contribution in [0.15, 0.2) is 58.3 Å². The van der Waals surface area contributed by atoms with E-state index in [1.165, 1.54) is 12.3 Å². The fourth-order valence-electron chi connectivity index (χ4n) is 4.25. The molecular formula is C22H20FNO5. The zero-order valence-corrected chi connectivity index (χ0v) is 15.8. The second-order valence-electron chi connectivity index (χ2n) is 7.14. The molecule has 6 nitrogen and oxygen atoms in total. The molecule has 1 aliphatic heterocycles. The third kappa shape index (κ3) is 3.37. The highest BCUT2D eigenvalue weighted by Gasteiger charge is 2.48. The van der Waals surface area contributed by atoms with Gasteiger partial charge in [-0.25, -0.2) is 4.39 Å². The Balaban J connectivity index is 1.83. The first-order chi connectivity index (χ1) is 14.0. The highest BCUT2D eigenvalue weighted by atomic mass is 19.1. The Kier molecular flexibility index (Phi) is 5.05. The van der Waals surface area contributed by atoms with E-state index in [1.807, 2.05) is 0 Å². The van der Waals surface area contributed by atoms with Crippen LogP contribution in [0.2, 0.25) is 0 Å². The third-order valence-electron chi connectivity index (χ3n) is 5.46. The van der Waals surface area contributed by atoms with E-state index in [4.69, 9.17) is 9.15 Å². The summed E-state index contributed by atoms with van der Waals surface area (Å²) < 4.78 is 25.1. The van der Waals surface area contributed by atoms with Gasteiger partial charge in [-0.15, -0.1) is 0 Å². The van der Waals surface area contributed by atoms with E-state index in [2.05, 4.69) is 5.32 Å². The number of benzene rings is 1. The van der Waals surface area contributed by atoms with Crippen LogP contribution in [0, 0.1) is 11.7 Å². The number of ether oxygens (including phenoxy) is 1. The van der Waals surface area contributed by atoms with Gasteiger partial charge < -0.3 is 14.5 Å². The monoisotopic (exact) mass is 397 g/mol. The Morgan fingerprint density at radius 2 is 2.00 bits per heavy atom. The van der Waals surface area contributed by atoms with Gasteiger partial charge in [0.25, 0.3) is 0 Å². The summed E-state index contributed by atoms with van der Waals surface area (Å²) in [6.45, 7) is 1.80. The van der Waals surface area contributed by atoms with Crippen molar-refractivity contribution >= 4 is 17.7 Å². The van der Waals surface area contributed by atoms with Gasteiger partial charge in [0.15, 0.2) is 5.78 Å². The lowest BCUT2D eigenvalue weighted by atomic mass is 9.69. The molecule has 1 aliphatic carbocycles. The highest BCUT2D eigenvalue weighted by Crippen LogP contribution is 2.46. The van der Waals surface area contributed by atoms with Gasteiger partial charge in [0.1, 0.15) is 17.5 Å². The molecule has 29 heavy (non-hydrogen) atoms. The molecule has 0 saturated carbocycles. The molecule has 1 aromatic carbocycles. The van der Waals surface area contributed by atoms with Gasteiger partial charge in [0.2, 0.25) is 5.91 Å². The molecule has 1 aromatic heterocycles. The van der Waals surface area contributed by atoms with Crippen LogP contribution in [0.3, 0.4) is 0 Å². The quantitative estimate of drug-likeness (QED) is 0.633. The van der Waals surface area contributed by atoms with Gasteiger partial charge in [-0.05, 0) is 37.1 Å². The van der Waals surface area contributed by atoms with Gasteiger partial charge in [0, 0.05) is 29.5 Å². The fraction of sp³-hybridized carbons (Fsp3) is 0.318. The lowest BCUT2D eigenvalue weighted by molar-refractivity contribution is -0.152. The van der Waals surface area contributed by atoms with Crippen LogP contribution in [0.5, 0.6) is 0 Å². The molecule has 150 valence electrons. The zero-order valence-electron chi connectivity index (χ0n) is 15.8. The molecule has 1 amide bonds. The third-order valence-corrected chi connectivity index (χ3v) is 5.46. The van der Waals surface area contributed by atoms with Gasteiger partial charge in [0.05, 0.1) is 12.9 Å². The minimum atomic E-state index is -1.11. The number of rotatable bonds is 4. The molecule has 2 heterocycles. The fourth-order valence-corrected chi connectivity index (χ4v) is 4.25. The number of halogens is 1. The van der Waals surface area contributed by atoms with Crippen LogP contribution in [-0.4, -0.2) is 24.3 Å². The van der Waals surface area contributed by atoms with E-state index in [1.54, 1.807) is 37.3 Å². The van der Waals surface area contributed by atoms with Crippen molar-refractivity contribution < 1.29 is 27.9 Å². The Hall–Kier alpha value is -3.22. The predicted octanol–water partition coefficient (Wildman–Crippen LogP) is 3.21. The molecule has 0 unspecified atom stereocenters. The summed E-state index contributed by atoms with van der Waals surface area (Å²) in [6, 6.07) is 9.43. The van der Waals surface area contributed by atoms with Gasteiger partial charge >= 0.3 is 5.97 Å². The predicted molar refractivity (Wildman–Crippen MR) is 100 cm³/mol. The van der Waals surface area contributed by atoms with Crippen LogP contribution in [0.1, 0.15) is 42.9 Å². The molecule has 7 heteroatoms. The van der Waals surface area contributed by atoms with E-state index < -0.39 is 35.3 Å². The average molecular weight is 397 g/mol. The number of carbonyl (C=O) groups excluding carboxylic acids is 3. The van der Waals surface area contributed by atoms with Gasteiger partial charge in [-0.2, -0.15) is 0 Å². The SMILES string of the molecule is CCOC(=O)[C@H]1C(=O)C2=C(C[C@@H]1c1ccco1)NC(=O)C[C@H]2c1ccccc1F. The number of carbonyl (C=O) groups is 3. The van der Waals surface area contributed by atoms with Crippen LogP contribution < -0.4 is 5.32 Å². The van der Waals surface area contributed by atoms with Crippen molar-refractivity contribution in [2.75, 3.05) is 6.61 Å². The molecule has 1 N–H and O–H groups in total. The van der Waals surface area contributed by atoms with Crippen LogP contribution in [0.4, 0.5) is 4.39 Å². The largest absolute Gasteiger partial charge is 0.469 e. The average Bonchev–Trinajstić information content (AvgIpc) is 3.22. The number of hydrogen-bond donors (Lipinski definition) is 1. The molecular weight excluding hydrogens is 377 g/mol. The number of nitrogens with one attached hydrogen (secondary N) is 1. The number of hydrogen-bond acceptors (Lipinski definition) is 5. The van der Waals surface area contributed by atoms with Crippen molar-refractivity contribution in [1.29, 1.82) is 0 Å². The summed E-state index contributed by atoms with van der Waals surface area (Å²) >= 11 is 0. The van der Waals surface area contributed by atoms with Crippen molar-refractivity contribution in [3.63, 3.8) is 0 Å². The van der Waals surface area contributed by atoms with Gasteiger partial charge in [-0.3, -0.25) is 14.4 Å². The van der Waals surface area contributed by atoms with Crippen molar-refractivity contribution in [3.05, 3.63) is 71.1 Å². The maximum absolute atomic E-state index is 14.5. The minimum absolute atomic E-state index is 0.0630. The molecule has 3 atom stereocenters. The second kappa shape index (κ2) is 7.66. The minimum Gasteiger partial charge on any atom is -0.469 e. The van der Waals surface area contributed by atoms with Crippen LogP contribution in [0.25, 0.3) is 0 Å². The molecule has 4 rings (SSSR count).